The van der Waals surface area contributed by atoms with Crippen molar-refractivity contribution in [1.29, 1.82) is 0 Å². The minimum absolute atomic E-state index is 0.176. The summed E-state index contributed by atoms with van der Waals surface area (Å²) in [6.45, 7) is 0. The van der Waals surface area contributed by atoms with E-state index < -0.39 is 0 Å². The Morgan fingerprint density at radius 2 is 1.22 bits per heavy atom. The van der Waals surface area contributed by atoms with Gasteiger partial charge in [0.1, 0.15) is 29.3 Å². The van der Waals surface area contributed by atoms with Crippen LogP contribution in [-0.2, 0) is 0 Å². The van der Waals surface area contributed by atoms with E-state index in [2.05, 4.69) is 144 Å². The van der Waals surface area contributed by atoms with Crippen LogP contribution in [0.2, 0.25) is 0 Å². The topological polar surface area (TPSA) is 49.6 Å². The molecule has 4 heteroatoms. The third-order valence-corrected chi connectivity index (χ3v) is 8.94. The first-order chi connectivity index (χ1) is 22.3. The van der Waals surface area contributed by atoms with E-state index in [1.807, 2.05) is 18.2 Å². The van der Waals surface area contributed by atoms with E-state index >= 15 is 0 Å². The summed E-state index contributed by atoms with van der Waals surface area (Å²) in [5, 5.41) is 14.7. The van der Waals surface area contributed by atoms with Crippen molar-refractivity contribution in [3.8, 4) is 11.1 Å². The van der Waals surface area contributed by atoms with Crippen molar-refractivity contribution in [3.63, 3.8) is 0 Å². The molecule has 0 spiro atoms. The Kier molecular flexibility index (Phi) is 6.00. The summed E-state index contributed by atoms with van der Waals surface area (Å²) >= 11 is 0. The summed E-state index contributed by atoms with van der Waals surface area (Å²) in [6.07, 6.45) is -0.533. The highest BCUT2D eigenvalue weighted by atomic mass is 16.3. The van der Waals surface area contributed by atoms with Crippen LogP contribution in [0.3, 0.4) is 0 Å². The van der Waals surface area contributed by atoms with E-state index in [1.165, 1.54) is 21.5 Å². The molecule has 2 atom stereocenters. The number of amidine groups is 1. The van der Waals surface area contributed by atoms with Crippen molar-refractivity contribution >= 4 is 49.3 Å². The van der Waals surface area contributed by atoms with Crippen molar-refractivity contribution in [2.45, 2.75) is 12.3 Å². The van der Waals surface area contributed by atoms with Crippen molar-refractivity contribution in [3.05, 3.63) is 168 Å². The molecule has 0 saturated carbocycles. The molecule has 8 aromatic rings. The molecular weight excluding hydrogens is 550 g/mol. The Bertz CT molecular complexity index is 2410. The molecule has 4 nitrogen and oxygen atoms in total. The molecule has 0 radical (unpaired) electrons. The molecule has 2 heterocycles. The Balaban J connectivity index is 1.29. The zero-order valence-electron chi connectivity index (χ0n) is 24.4. The van der Waals surface area contributed by atoms with Gasteiger partial charge in [0.2, 0.25) is 0 Å². The summed E-state index contributed by atoms with van der Waals surface area (Å²) in [7, 11) is 0. The van der Waals surface area contributed by atoms with E-state index in [1.54, 1.807) is 0 Å². The van der Waals surface area contributed by atoms with Gasteiger partial charge < -0.3 is 9.73 Å². The number of aliphatic imine (C=N–C) groups is 1. The molecule has 0 bridgehead atoms. The fraction of sp³-hybridized carbons (Fsp3) is 0.0488. The molecule has 0 amide bonds. The van der Waals surface area contributed by atoms with Gasteiger partial charge in [-0.3, -0.25) is 5.32 Å². The molecular formula is C41H29N3O. The highest BCUT2D eigenvalue weighted by Gasteiger charge is 2.30. The van der Waals surface area contributed by atoms with Crippen LogP contribution in [-0.4, -0.2) is 5.84 Å². The fourth-order valence-electron chi connectivity index (χ4n) is 6.74. The Labute approximate surface area is 260 Å². The molecule has 2 unspecified atom stereocenters. The Hall–Kier alpha value is -5.71. The van der Waals surface area contributed by atoms with Gasteiger partial charge in [0.15, 0.2) is 0 Å². The second kappa shape index (κ2) is 10.5. The van der Waals surface area contributed by atoms with Crippen LogP contribution in [0.5, 0.6) is 0 Å². The van der Waals surface area contributed by atoms with Gasteiger partial charge >= 0.3 is 0 Å². The molecule has 1 aliphatic rings. The minimum atomic E-state index is -0.357. The zero-order valence-corrected chi connectivity index (χ0v) is 24.4. The first kappa shape index (κ1) is 25.8. The normalized spacial score (nSPS) is 16.7. The monoisotopic (exact) mass is 579 g/mol. The molecule has 1 aromatic heterocycles. The smallest absolute Gasteiger partial charge is 0.135 e. The van der Waals surface area contributed by atoms with Crippen LogP contribution >= 0.6 is 0 Å². The third kappa shape index (κ3) is 4.46. The van der Waals surface area contributed by atoms with Crippen molar-refractivity contribution < 1.29 is 4.42 Å². The zero-order chi connectivity index (χ0) is 29.7. The number of hydrogen-bond donors (Lipinski definition) is 2. The van der Waals surface area contributed by atoms with Gasteiger partial charge in [-0.15, -0.1) is 0 Å². The van der Waals surface area contributed by atoms with Gasteiger partial charge in [0.25, 0.3) is 0 Å². The highest BCUT2D eigenvalue weighted by Crippen LogP contribution is 2.42. The molecule has 9 rings (SSSR count). The predicted molar refractivity (Wildman–Crippen MR) is 185 cm³/mol. The highest BCUT2D eigenvalue weighted by molar-refractivity contribution is 6.10. The number of nitrogens with zero attached hydrogens (tertiary/aromatic N) is 1. The number of fused-ring (bicyclic) bond motifs is 5. The maximum atomic E-state index is 6.42. The van der Waals surface area contributed by atoms with E-state index in [0.717, 1.165) is 55.6 Å². The quantitative estimate of drug-likeness (QED) is 0.218. The van der Waals surface area contributed by atoms with Crippen molar-refractivity contribution in [2.75, 3.05) is 0 Å². The third-order valence-electron chi connectivity index (χ3n) is 8.94. The lowest BCUT2D eigenvalue weighted by Gasteiger charge is -2.33. The average Bonchev–Trinajstić information content (AvgIpc) is 3.50. The summed E-state index contributed by atoms with van der Waals surface area (Å²) in [5.41, 5.74) is 7.31. The molecule has 0 fully saturated rings. The maximum Gasteiger partial charge on any atom is 0.135 e. The largest absolute Gasteiger partial charge is 0.456 e. The van der Waals surface area contributed by atoms with Crippen molar-refractivity contribution in [2.24, 2.45) is 4.99 Å². The first-order valence-electron chi connectivity index (χ1n) is 15.4. The second-order valence-corrected chi connectivity index (χ2v) is 11.7. The number of benzene rings is 7. The second-order valence-electron chi connectivity index (χ2n) is 11.7. The van der Waals surface area contributed by atoms with Crippen LogP contribution in [0.15, 0.2) is 161 Å². The van der Waals surface area contributed by atoms with Crippen molar-refractivity contribution in [1.82, 2.24) is 10.6 Å². The van der Waals surface area contributed by atoms with Gasteiger partial charge in [-0.05, 0) is 62.5 Å². The van der Waals surface area contributed by atoms with E-state index in [-0.39, 0.29) is 12.3 Å². The molecule has 214 valence electrons. The lowest BCUT2D eigenvalue weighted by atomic mass is 9.91. The number of hydrogen-bond acceptors (Lipinski definition) is 4. The molecule has 2 N–H and O–H groups in total. The summed E-state index contributed by atoms with van der Waals surface area (Å²) < 4.78 is 6.42. The number of para-hydroxylation sites is 1. The van der Waals surface area contributed by atoms with E-state index in [0.29, 0.717) is 0 Å². The maximum absolute atomic E-state index is 6.42. The van der Waals surface area contributed by atoms with Crippen LogP contribution in [0, 0.1) is 0 Å². The molecule has 0 saturated heterocycles. The molecule has 1 aliphatic heterocycles. The van der Waals surface area contributed by atoms with Gasteiger partial charge in [0, 0.05) is 21.9 Å². The van der Waals surface area contributed by atoms with Gasteiger partial charge in [-0.1, -0.05) is 127 Å². The molecule has 45 heavy (non-hydrogen) atoms. The number of furan rings is 1. The number of rotatable bonds is 4. The number of nitrogens with one attached hydrogen (secondary N) is 2. The average molecular weight is 580 g/mol. The van der Waals surface area contributed by atoms with Crippen LogP contribution < -0.4 is 10.6 Å². The van der Waals surface area contributed by atoms with Gasteiger partial charge in [-0.25, -0.2) is 4.99 Å². The molecule has 0 aliphatic carbocycles. The van der Waals surface area contributed by atoms with E-state index in [4.69, 9.17) is 9.41 Å². The van der Waals surface area contributed by atoms with Crippen LogP contribution in [0.1, 0.15) is 29.0 Å². The summed E-state index contributed by atoms with van der Waals surface area (Å²) in [6, 6.07) is 53.4. The standard InChI is InChI=1S/C41H29N3O/c1-2-12-28(13-3-1)39-42-40(32-21-19-27-11-5-7-15-30(27)25-32)44-41(43-39)38-33(31-20-18-26-10-4-6-14-29(26)24-31)22-23-36-37(38)34-16-8-9-17-35(34)45-36/h1-25,40-41,44H,(H,42,43). The fourth-order valence-corrected chi connectivity index (χ4v) is 6.74. The molecule has 7 aromatic carbocycles. The van der Waals surface area contributed by atoms with Crippen LogP contribution in [0.4, 0.5) is 0 Å². The lowest BCUT2D eigenvalue weighted by molar-refractivity contribution is 0.411. The van der Waals surface area contributed by atoms with Crippen LogP contribution in [0.25, 0.3) is 54.6 Å². The van der Waals surface area contributed by atoms with Gasteiger partial charge in [-0.2, -0.15) is 0 Å². The predicted octanol–water partition coefficient (Wildman–Crippen LogP) is 9.90. The summed E-state index contributed by atoms with van der Waals surface area (Å²) in [5.74, 6) is 0.853. The van der Waals surface area contributed by atoms with E-state index in [9.17, 15) is 0 Å². The minimum Gasteiger partial charge on any atom is -0.456 e. The Morgan fingerprint density at radius 1 is 0.533 bits per heavy atom. The lowest BCUT2D eigenvalue weighted by Crippen LogP contribution is -2.45. The summed E-state index contributed by atoms with van der Waals surface area (Å²) in [4.78, 5) is 5.40. The van der Waals surface area contributed by atoms with Gasteiger partial charge in [0.05, 0.1) is 0 Å². The first-order valence-corrected chi connectivity index (χ1v) is 15.4. The Morgan fingerprint density at radius 3 is 2.04 bits per heavy atom. The SMILES string of the molecule is c1ccc(C2=NC(c3c(-c4ccc5ccccc5c4)ccc4oc5ccccc5c34)NC(c3ccc4ccccc4c3)N2)cc1.